The van der Waals surface area contributed by atoms with E-state index in [0.29, 0.717) is 5.02 Å². The van der Waals surface area contributed by atoms with Crippen LogP contribution in [0, 0.1) is 6.92 Å². The van der Waals surface area contributed by atoms with Gasteiger partial charge in [-0.1, -0.05) is 59.6 Å². The van der Waals surface area contributed by atoms with Crippen molar-refractivity contribution in [3.05, 3.63) is 70.2 Å². The number of hydrogen-bond acceptors (Lipinski definition) is 1. The molecule has 0 aromatic heterocycles. The SMILES string of the molecule is Cc1ccc(C(C)(O)c2ccccc2Cl)cc1. The molecule has 0 aliphatic carbocycles. The average Bonchev–Trinajstić information content (AvgIpc) is 2.30. The van der Waals surface area contributed by atoms with Crippen molar-refractivity contribution >= 4 is 11.6 Å². The van der Waals surface area contributed by atoms with Crippen molar-refractivity contribution in [3.8, 4) is 0 Å². The summed E-state index contributed by atoms with van der Waals surface area (Å²) in [4.78, 5) is 0. The molecule has 0 fully saturated rings. The van der Waals surface area contributed by atoms with Crippen LogP contribution in [0.1, 0.15) is 23.6 Å². The molecule has 0 saturated heterocycles. The number of aryl methyl sites for hydroxylation is 1. The number of halogens is 1. The van der Waals surface area contributed by atoms with Crippen LogP contribution in [0.3, 0.4) is 0 Å². The molecule has 1 atom stereocenters. The topological polar surface area (TPSA) is 20.2 Å². The molecule has 2 heteroatoms. The lowest BCUT2D eigenvalue weighted by molar-refractivity contribution is 0.102. The van der Waals surface area contributed by atoms with Crippen LogP contribution >= 0.6 is 11.6 Å². The van der Waals surface area contributed by atoms with Crippen LogP contribution in [-0.4, -0.2) is 5.11 Å². The Morgan fingerprint density at radius 2 is 1.59 bits per heavy atom. The zero-order valence-corrected chi connectivity index (χ0v) is 10.7. The van der Waals surface area contributed by atoms with Gasteiger partial charge in [0.25, 0.3) is 0 Å². The summed E-state index contributed by atoms with van der Waals surface area (Å²) in [6.45, 7) is 3.78. The zero-order valence-electron chi connectivity index (χ0n) is 9.94. The molecule has 2 aromatic carbocycles. The third kappa shape index (κ3) is 2.36. The Morgan fingerprint density at radius 1 is 1.00 bits per heavy atom. The van der Waals surface area contributed by atoms with E-state index in [1.54, 1.807) is 13.0 Å². The van der Waals surface area contributed by atoms with E-state index in [1.807, 2.05) is 49.4 Å². The Kier molecular flexibility index (Phi) is 3.23. The quantitative estimate of drug-likeness (QED) is 0.852. The van der Waals surface area contributed by atoms with Crippen LogP contribution in [0.2, 0.25) is 5.02 Å². The van der Waals surface area contributed by atoms with Crippen molar-refractivity contribution in [2.45, 2.75) is 19.4 Å². The predicted octanol–water partition coefficient (Wildman–Crippen LogP) is 3.90. The summed E-state index contributed by atoms with van der Waals surface area (Å²) in [7, 11) is 0. The van der Waals surface area contributed by atoms with Crippen LogP contribution in [0.25, 0.3) is 0 Å². The Morgan fingerprint density at radius 3 is 2.18 bits per heavy atom. The van der Waals surface area contributed by atoms with Crippen molar-refractivity contribution in [3.63, 3.8) is 0 Å². The van der Waals surface area contributed by atoms with Crippen molar-refractivity contribution < 1.29 is 5.11 Å². The monoisotopic (exact) mass is 246 g/mol. The number of hydrogen-bond donors (Lipinski definition) is 1. The minimum absolute atomic E-state index is 0.582. The number of benzene rings is 2. The summed E-state index contributed by atoms with van der Waals surface area (Å²) in [5, 5.41) is 11.2. The summed E-state index contributed by atoms with van der Waals surface area (Å²) in [6.07, 6.45) is 0. The van der Waals surface area contributed by atoms with Gasteiger partial charge >= 0.3 is 0 Å². The molecule has 88 valence electrons. The Labute approximate surface area is 107 Å². The van der Waals surface area contributed by atoms with Crippen LogP contribution < -0.4 is 0 Å². The van der Waals surface area contributed by atoms with E-state index < -0.39 is 5.60 Å². The van der Waals surface area contributed by atoms with Crippen LogP contribution in [0.15, 0.2) is 48.5 Å². The lowest BCUT2D eigenvalue weighted by atomic mass is 9.88. The molecule has 0 radical (unpaired) electrons. The highest BCUT2D eigenvalue weighted by Crippen LogP contribution is 2.33. The molecule has 1 unspecified atom stereocenters. The maximum absolute atomic E-state index is 10.6. The van der Waals surface area contributed by atoms with Crippen molar-refractivity contribution in [2.24, 2.45) is 0 Å². The average molecular weight is 247 g/mol. The maximum atomic E-state index is 10.6. The molecule has 0 saturated carbocycles. The van der Waals surface area contributed by atoms with Crippen molar-refractivity contribution in [2.75, 3.05) is 0 Å². The van der Waals surface area contributed by atoms with Gasteiger partial charge < -0.3 is 5.11 Å². The summed E-state index contributed by atoms with van der Waals surface area (Å²) >= 11 is 6.13. The third-order valence-corrected chi connectivity index (χ3v) is 3.34. The van der Waals surface area contributed by atoms with Gasteiger partial charge in [-0.15, -0.1) is 0 Å². The van der Waals surface area contributed by atoms with E-state index in [-0.39, 0.29) is 0 Å². The summed E-state index contributed by atoms with van der Waals surface area (Å²) < 4.78 is 0. The molecule has 1 N–H and O–H groups in total. The van der Waals surface area contributed by atoms with E-state index in [0.717, 1.165) is 11.1 Å². The van der Waals surface area contributed by atoms with E-state index in [1.165, 1.54) is 5.56 Å². The smallest absolute Gasteiger partial charge is 0.113 e. The summed E-state index contributed by atoms with van der Waals surface area (Å²) in [6, 6.07) is 15.2. The van der Waals surface area contributed by atoms with Gasteiger partial charge in [0.15, 0.2) is 0 Å². The Bertz CT molecular complexity index is 515. The molecule has 0 spiro atoms. The summed E-state index contributed by atoms with van der Waals surface area (Å²) in [5.74, 6) is 0. The third-order valence-electron chi connectivity index (χ3n) is 3.01. The van der Waals surface area contributed by atoms with Gasteiger partial charge in [-0.25, -0.2) is 0 Å². The molecular formula is C15H15ClO. The molecule has 1 nitrogen and oxygen atoms in total. The molecule has 0 heterocycles. The minimum Gasteiger partial charge on any atom is -0.381 e. The first kappa shape index (κ1) is 12.2. The number of aliphatic hydroxyl groups is 1. The van der Waals surface area contributed by atoms with E-state index in [4.69, 9.17) is 11.6 Å². The minimum atomic E-state index is -1.06. The lowest BCUT2D eigenvalue weighted by Gasteiger charge is -2.25. The molecule has 0 aliphatic rings. The first-order chi connectivity index (χ1) is 8.01. The second kappa shape index (κ2) is 4.52. The molecule has 0 bridgehead atoms. The van der Waals surface area contributed by atoms with Crippen molar-refractivity contribution in [1.29, 1.82) is 0 Å². The number of rotatable bonds is 2. The highest BCUT2D eigenvalue weighted by molar-refractivity contribution is 6.31. The second-order valence-corrected chi connectivity index (χ2v) is 4.83. The molecule has 2 aromatic rings. The predicted molar refractivity (Wildman–Crippen MR) is 71.3 cm³/mol. The van der Waals surface area contributed by atoms with Gasteiger partial charge in [-0.2, -0.15) is 0 Å². The van der Waals surface area contributed by atoms with Crippen LogP contribution in [-0.2, 0) is 5.60 Å². The van der Waals surface area contributed by atoms with Gasteiger partial charge in [-0.05, 0) is 25.5 Å². The largest absolute Gasteiger partial charge is 0.381 e. The fraction of sp³-hybridized carbons (Fsp3) is 0.200. The van der Waals surface area contributed by atoms with Gasteiger partial charge in [0.1, 0.15) is 5.60 Å². The standard InChI is InChI=1S/C15H15ClO/c1-11-7-9-12(10-8-11)15(2,17)13-5-3-4-6-14(13)16/h3-10,17H,1-2H3. The molecule has 2 rings (SSSR count). The fourth-order valence-electron chi connectivity index (χ4n) is 1.89. The van der Waals surface area contributed by atoms with E-state index in [9.17, 15) is 5.11 Å². The second-order valence-electron chi connectivity index (χ2n) is 4.42. The van der Waals surface area contributed by atoms with E-state index in [2.05, 4.69) is 0 Å². The first-order valence-electron chi connectivity index (χ1n) is 5.56. The van der Waals surface area contributed by atoms with Crippen molar-refractivity contribution in [1.82, 2.24) is 0 Å². The first-order valence-corrected chi connectivity index (χ1v) is 5.94. The lowest BCUT2D eigenvalue weighted by Crippen LogP contribution is -2.23. The zero-order chi connectivity index (χ0) is 12.5. The normalized spacial score (nSPS) is 14.4. The molecule has 0 aliphatic heterocycles. The van der Waals surface area contributed by atoms with Crippen LogP contribution in [0.5, 0.6) is 0 Å². The highest BCUT2D eigenvalue weighted by atomic mass is 35.5. The maximum Gasteiger partial charge on any atom is 0.113 e. The van der Waals surface area contributed by atoms with Crippen LogP contribution in [0.4, 0.5) is 0 Å². The molecule has 0 amide bonds. The van der Waals surface area contributed by atoms with Gasteiger partial charge in [-0.3, -0.25) is 0 Å². The van der Waals surface area contributed by atoms with Gasteiger partial charge in [0.05, 0.1) is 0 Å². The Hall–Kier alpha value is -1.31. The van der Waals surface area contributed by atoms with E-state index >= 15 is 0 Å². The van der Waals surface area contributed by atoms with Gasteiger partial charge in [0, 0.05) is 10.6 Å². The fourth-order valence-corrected chi connectivity index (χ4v) is 2.21. The highest BCUT2D eigenvalue weighted by Gasteiger charge is 2.27. The summed E-state index contributed by atoms with van der Waals surface area (Å²) in [5.41, 5.74) is 1.68. The molecule has 17 heavy (non-hydrogen) atoms. The van der Waals surface area contributed by atoms with Gasteiger partial charge in [0.2, 0.25) is 0 Å². The molecular weight excluding hydrogens is 232 g/mol. The Balaban J connectivity index is 2.49.